The molecule has 5 unspecified atom stereocenters. The molecule has 2 amide bonds. The lowest BCUT2D eigenvalue weighted by Gasteiger charge is -2.46. The van der Waals surface area contributed by atoms with Gasteiger partial charge in [0.15, 0.2) is 0 Å². The Bertz CT molecular complexity index is 1180. The number of rotatable bonds is 2. The normalized spacial score (nSPS) is 34.8. The third kappa shape index (κ3) is 4.73. The van der Waals surface area contributed by atoms with E-state index in [2.05, 4.69) is 68.6 Å². The molecular weight excluding hydrogens is 504 g/mol. The topological polar surface area (TPSA) is 95.2 Å². The van der Waals surface area contributed by atoms with Gasteiger partial charge in [-0.1, -0.05) is 18.2 Å². The molecule has 10 heteroatoms. The van der Waals surface area contributed by atoms with Gasteiger partial charge in [-0.15, -0.1) is 0 Å². The Morgan fingerprint density at radius 1 is 1.10 bits per heavy atom. The first-order valence-corrected chi connectivity index (χ1v) is 15.3. The van der Waals surface area contributed by atoms with Crippen molar-refractivity contribution in [1.29, 1.82) is 0 Å². The summed E-state index contributed by atoms with van der Waals surface area (Å²) in [6, 6.07) is 6.87. The lowest BCUT2D eigenvalue weighted by Crippen LogP contribution is -2.69. The summed E-state index contributed by atoms with van der Waals surface area (Å²) in [5, 5.41) is 18.9. The molecule has 40 heavy (non-hydrogen) atoms. The van der Waals surface area contributed by atoms with Crippen molar-refractivity contribution in [2.75, 3.05) is 38.5 Å². The standard InChI is InChI=1S/C30H44N8O2/c1-20(39)36-14-5-3-4-6-15-37-28(40)23-17-31-29(34-27(23)38(37)26-9-7-8-25(36)33-26)32-22-10-11-24-21(16-22)18-35(2)19-30(24)12-13-30/h4,6,10-11,16,23,25-27,29,31-34H,3,5,7-9,12-15,17-19H2,1-2H3/b6-4-. The van der Waals surface area contributed by atoms with Crippen molar-refractivity contribution in [3.63, 3.8) is 0 Å². The van der Waals surface area contributed by atoms with Crippen LogP contribution in [0.1, 0.15) is 63.0 Å². The predicted octanol–water partition coefficient (Wildman–Crippen LogP) is 1.68. The molecule has 3 saturated heterocycles. The van der Waals surface area contributed by atoms with Crippen LogP contribution in [0, 0.1) is 5.92 Å². The number of allylic oxidation sites excluding steroid dienone is 1. The van der Waals surface area contributed by atoms with Crippen LogP contribution >= 0.6 is 0 Å². The monoisotopic (exact) mass is 548 g/mol. The number of carbonyl (C=O) groups excluding carboxylic acids is 2. The summed E-state index contributed by atoms with van der Waals surface area (Å²) in [5.41, 5.74) is 4.43. The highest BCUT2D eigenvalue weighted by molar-refractivity contribution is 5.82. The second-order valence-electron chi connectivity index (χ2n) is 12.8. The van der Waals surface area contributed by atoms with Crippen LogP contribution in [0.4, 0.5) is 5.69 Å². The average molecular weight is 549 g/mol. The average Bonchev–Trinajstić information content (AvgIpc) is 3.63. The summed E-state index contributed by atoms with van der Waals surface area (Å²) >= 11 is 0. The van der Waals surface area contributed by atoms with Gasteiger partial charge < -0.3 is 15.1 Å². The van der Waals surface area contributed by atoms with E-state index in [1.54, 1.807) is 6.92 Å². The molecule has 5 aliphatic heterocycles. The van der Waals surface area contributed by atoms with E-state index >= 15 is 0 Å². The third-order valence-electron chi connectivity index (χ3n) is 9.90. The summed E-state index contributed by atoms with van der Waals surface area (Å²) < 4.78 is 0. The van der Waals surface area contributed by atoms with Crippen molar-refractivity contribution >= 4 is 17.5 Å². The molecule has 1 aromatic carbocycles. The Morgan fingerprint density at radius 2 is 1.95 bits per heavy atom. The number of fused-ring (bicyclic) bond motifs is 8. The van der Waals surface area contributed by atoms with E-state index in [9.17, 15) is 9.59 Å². The minimum Gasteiger partial charge on any atom is -0.358 e. The van der Waals surface area contributed by atoms with Crippen molar-refractivity contribution in [3.05, 3.63) is 41.5 Å². The zero-order valence-corrected chi connectivity index (χ0v) is 23.9. The van der Waals surface area contributed by atoms with Crippen LogP contribution in [-0.4, -0.2) is 89.6 Å². The van der Waals surface area contributed by atoms with E-state index in [0.717, 1.165) is 57.4 Å². The fraction of sp³-hybridized carbons (Fsp3) is 0.667. The Kier molecular flexibility index (Phi) is 6.87. The molecule has 0 aromatic heterocycles. The Balaban J connectivity index is 1.12. The highest BCUT2D eigenvalue weighted by Gasteiger charge is 2.52. The Labute approximate surface area is 237 Å². The number of benzene rings is 1. The number of anilines is 1. The zero-order chi connectivity index (χ0) is 27.4. The van der Waals surface area contributed by atoms with E-state index < -0.39 is 0 Å². The SMILES string of the molecule is CC(=O)N1CCC/C=C\CN2C(=O)C3CNC(Nc4ccc5c(c4)CN(C)CC54CC4)NC3N2C2CCCC1N2. The van der Waals surface area contributed by atoms with E-state index in [1.165, 1.54) is 24.0 Å². The lowest BCUT2D eigenvalue weighted by molar-refractivity contribution is -0.148. The third-order valence-corrected chi connectivity index (χ3v) is 9.90. The second-order valence-corrected chi connectivity index (χ2v) is 12.8. The molecule has 1 spiro atoms. The molecule has 10 nitrogen and oxygen atoms in total. The van der Waals surface area contributed by atoms with Crippen LogP contribution in [-0.2, 0) is 21.5 Å². The summed E-state index contributed by atoms with van der Waals surface area (Å²) in [5.74, 6) is 0.0955. The van der Waals surface area contributed by atoms with Gasteiger partial charge in [0, 0.05) is 44.2 Å². The van der Waals surface area contributed by atoms with Gasteiger partial charge in [-0.2, -0.15) is 5.01 Å². The van der Waals surface area contributed by atoms with E-state index in [4.69, 9.17) is 0 Å². The number of carbonyl (C=O) groups is 2. The number of nitrogens with zero attached hydrogens (tertiary/aromatic N) is 4. The van der Waals surface area contributed by atoms with Gasteiger partial charge in [0.2, 0.25) is 11.8 Å². The number of likely N-dealkylation sites (N-methyl/N-ethyl adjacent to an activating group) is 1. The van der Waals surface area contributed by atoms with Gasteiger partial charge in [-0.25, -0.2) is 0 Å². The van der Waals surface area contributed by atoms with Crippen molar-refractivity contribution in [2.24, 2.45) is 5.92 Å². The molecule has 5 heterocycles. The quantitative estimate of drug-likeness (QED) is 0.415. The van der Waals surface area contributed by atoms with Crippen molar-refractivity contribution in [3.8, 4) is 0 Å². The van der Waals surface area contributed by atoms with Gasteiger partial charge in [0.05, 0.1) is 31.0 Å². The van der Waals surface area contributed by atoms with Crippen LogP contribution < -0.4 is 21.3 Å². The molecule has 0 radical (unpaired) electrons. The molecule has 7 rings (SSSR count). The molecule has 1 aromatic rings. The maximum absolute atomic E-state index is 13.7. The molecular formula is C30H44N8O2. The highest BCUT2D eigenvalue weighted by atomic mass is 16.2. The fourth-order valence-corrected chi connectivity index (χ4v) is 7.86. The maximum atomic E-state index is 13.7. The van der Waals surface area contributed by atoms with E-state index in [1.807, 2.05) is 9.91 Å². The summed E-state index contributed by atoms with van der Waals surface area (Å²) in [4.78, 5) is 30.7. The molecule has 1 aliphatic carbocycles. The minimum absolute atomic E-state index is 0.00492. The van der Waals surface area contributed by atoms with Crippen LogP contribution in [0.2, 0.25) is 0 Å². The molecule has 5 atom stereocenters. The van der Waals surface area contributed by atoms with Gasteiger partial charge in [-0.05, 0) is 75.3 Å². The largest absolute Gasteiger partial charge is 0.358 e. The van der Waals surface area contributed by atoms with Crippen LogP contribution in [0.3, 0.4) is 0 Å². The van der Waals surface area contributed by atoms with Crippen LogP contribution in [0.25, 0.3) is 0 Å². The van der Waals surface area contributed by atoms with Gasteiger partial charge in [-0.3, -0.25) is 30.5 Å². The van der Waals surface area contributed by atoms with Gasteiger partial charge in [0.25, 0.3) is 0 Å². The first-order chi connectivity index (χ1) is 19.4. The number of nitrogens with one attached hydrogen (secondary N) is 4. The molecule has 4 N–H and O–H groups in total. The van der Waals surface area contributed by atoms with Crippen LogP contribution in [0.5, 0.6) is 0 Å². The predicted molar refractivity (Wildman–Crippen MR) is 153 cm³/mol. The minimum atomic E-state index is -0.172. The smallest absolute Gasteiger partial charge is 0.244 e. The number of hydrogen-bond donors (Lipinski definition) is 4. The molecule has 2 bridgehead atoms. The molecule has 216 valence electrons. The Hall–Kier alpha value is -2.50. The summed E-state index contributed by atoms with van der Waals surface area (Å²) in [7, 11) is 2.22. The zero-order valence-electron chi connectivity index (χ0n) is 23.9. The molecule has 4 fully saturated rings. The lowest BCUT2D eigenvalue weighted by atomic mass is 9.87. The maximum Gasteiger partial charge on any atom is 0.244 e. The van der Waals surface area contributed by atoms with Crippen molar-refractivity contribution < 1.29 is 9.59 Å². The van der Waals surface area contributed by atoms with Gasteiger partial charge >= 0.3 is 0 Å². The van der Waals surface area contributed by atoms with Crippen molar-refractivity contribution in [1.82, 2.24) is 35.8 Å². The summed E-state index contributed by atoms with van der Waals surface area (Å²) in [6.45, 7) is 5.76. The van der Waals surface area contributed by atoms with E-state index in [-0.39, 0.29) is 42.5 Å². The Morgan fingerprint density at radius 3 is 2.77 bits per heavy atom. The fourth-order valence-electron chi connectivity index (χ4n) is 7.86. The summed E-state index contributed by atoms with van der Waals surface area (Å²) in [6.07, 6.45) is 11.3. The number of amides is 2. The first-order valence-electron chi connectivity index (χ1n) is 15.3. The first kappa shape index (κ1) is 26.4. The molecule has 1 saturated carbocycles. The number of hydrazine groups is 1. The van der Waals surface area contributed by atoms with Crippen LogP contribution in [0.15, 0.2) is 30.4 Å². The second kappa shape index (κ2) is 10.4. The number of hydrogen-bond acceptors (Lipinski definition) is 8. The highest BCUT2D eigenvalue weighted by Crippen LogP contribution is 2.52. The van der Waals surface area contributed by atoms with Crippen molar-refractivity contribution in [2.45, 2.75) is 88.6 Å². The van der Waals surface area contributed by atoms with E-state index in [0.29, 0.717) is 18.5 Å². The van der Waals surface area contributed by atoms with Gasteiger partial charge in [0.1, 0.15) is 6.29 Å². The molecule has 6 aliphatic rings. The number of piperidine rings is 1.